The first-order chi connectivity index (χ1) is 20.3. The van der Waals surface area contributed by atoms with Gasteiger partial charge in [-0.3, -0.25) is 9.69 Å². The molecule has 1 saturated heterocycles. The first-order valence-electron chi connectivity index (χ1n) is 13.9. The lowest BCUT2D eigenvalue weighted by molar-refractivity contribution is -0.127. The van der Waals surface area contributed by atoms with Crippen LogP contribution in [0.2, 0.25) is 5.02 Å². The molecule has 1 aromatic heterocycles. The molecule has 0 aliphatic carbocycles. The van der Waals surface area contributed by atoms with Crippen molar-refractivity contribution < 1.29 is 18.7 Å². The average molecular weight is 623 g/mol. The number of piperazine rings is 1. The van der Waals surface area contributed by atoms with Gasteiger partial charge in [-0.1, -0.05) is 53.6 Å². The maximum absolute atomic E-state index is 13.1. The summed E-state index contributed by atoms with van der Waals surface area (Å²) in [6.07, 6.45) is 4.95. The number of aryl methyl sites for hydroxylation is 2. The molecule has 4 aromatic rings. The normalized spacial score (nSPS) is 13.5. The van der Waals surface area contributed by atoms with Crippen LogP contribution in [0, 0.1) is 19.7 Å². The van der Waals surface area contributed by atoms with Crippen molar-refractivity contribution in [2.24, 2.45) is 0 Å². The second kappa shape index (κ2) is 15.0. The number of carbonyl (C=O) groups excluding carboxylic acids is 1. The average Bonchev–Trinajstić information content (AvgIpc) is 2.99. The Morgan fingerprint density at radius 2 is 1.65 bits per heavy atom. The molecule has 0 saturated carbocycles. The highest BCUT2D eigenvalue weighted by atomic mass is 35.5. The molecule has 224 valence electrons. The van der Waals surface area contributed by atoms with Crippen LogP contribution in [-0.2, 0) is 17.9 Å². The van der Waals surface area contributed by atoms with Gasteiger partial charge in [0.25, 0.3) is 0 Å². The Morgan fingerprint density at radius 1 is 0.953 bits per heavy atom. The minimum absolute atomic E-state index is 0. The van der Waals surface area contributed by atoms with E-state index < -0.39 is 0 Å². The molecule has 0 spiro atoms. The number of nitrogens with zero attached hydrogens (tertiary/aromatic N) is 3. The molecule has 6 nitrogen and oxygen atoms in total. The lowest BCUT2D eigenvalue weighted by Crippen LogP contribution is -2.47. The Balaban J connectivity index is 0.00000423. The lowest BCUT2D eigenvalue weighted by Gasteiger charge is -2.34. The van der Waals surface area contributed by atoms with Crippen LogP contribution in [0.15, 0.2) is 85.1 Å². The highest BCUT2D eigenvalue weighted by Gasteiger charge is 2.20. The van der Waals surface area contributed by atoms with Gasteiger partial charge in [0.2, 0.25) is 11.8 Å². The van der Waals surface area contributed by atoms with Gasteiger partial charge in [-0.05, 0) is 72.5 Å². The van der Waals surface area contributed by atoms with Crippen LogP contribution in [0.25, 0.3) is 6.08 Å². The summed E-state index contributed by atoms with van der Waals surface area (Å²) in [5.41, 5.74) is 5.03. The minimum Gasteiger partial charge on any atom is -0.487 e. The molecular weight excluding hydrogens is 588 g/mol. The summed E-state index contributed by atoms with van der Waals surface area (Å²) in [5.74, 6) is 1.14. The summed E-state index contributed by atoms with van der Waals surface area (Å²) < 4.78 is 24.7. The summed E-state index contributed by atoms with van der Waals surface area (Å²) in [6, 6.07) is 21.9. The maximum Gasteiger partial charge on any atom is 0.246 e. The summed E-state index contributed by atoms with van der Waals surface area (Å²) in [6.45, 7) is 8.28. The monoisotopic (exact) mass is 621 g/mol. The van der Waals surface area contributed by atoms with Gasteiger partial charge in [-0.25, -0.2) is 9.37 Å². The van der Waals surface area contributed by atoms with Gasteiger partial charge in [0.05, 0.1) is 11.2 Å². The highest BCUT2D eigenvalue weighted by molar-refractivity contribution is 6.32. The quantitative estimate of drug-likeness (QED) is 0.180. The fraction of sp³-hybridized carbons (Fsp3) is 0.235. The van der Waals surface area contributed by atoms with Crippen molar-refractivity contribution in [1.29, 1.82) is 0 Å². The highest BCUT2D eigenvalue weighted by Crippen LogP contribution is 2.34. The molecule has 1 aliphatic heterocycles. The molecule has 9 heteroatoms. The summed E-state index contributed by atoms with van der Waals surface area (Å²) >= 11 is 6.56. The zero-order chi connectivity index (χ0) is 29.5. The Kier molecular flexibility index (Phi) is 11.2. The van der Waals surface area contributed by atoms with Gasteiger partial charge >= 0.3 is 0 Å². The molecular formula is C34H34Cl2FN3O3. The number of pyridine rings is 1. The van der Waals surface area contributed by atoms with Crippen LogP contribution >= 0.6 is 24.0 Å². The molecule has 3 aromatic carbocycles. The molecule has 0 radical (unpaired) electrons. The van der Waals surface area contributed by atoms with E-state index in [1.807, 2.05) is 17.9 Å². The molecule has 0 unspecified atom stereocenters. The summed E-state index contributed by atoms with van der Waals surface area (Å²) in [4.78, 5) is 21.4. The topological polar surface area (TPSA) is 54.9 Å². The van der Waals surface area contributed by atoms with E-state index in [1.54, 1.807) is 48.7 Å². The fourth-order valence-electron chi connectivity index (χ4n) is 4.70. The van der Waals surface area contributed by atoms with Crippen molar-refractivity contribution in [3.8, 4) is 17.4 Å². The Morgan fingerprint density at radius 3 is 2.30 bits per heavy atom. The van der Waals surface area contributed by atoms with Gasteiger partial charge in [0.15, 0.2) is 5.75 Å². The molecule has 0 atom stereocenters. The first-order valence-corrected chi connectivity index (χ1v) is 14.3. The van der Waals surface area contributed by atoms with Crippen molar-refractivity contribution in [1.82, 2.24) is 14.8 Å². The van der Waals surface area contributed by atoms with Crippen molar-refractivity contribution in [2.45, 2.75) is 27.0 Å². The Hall–Kier alpha value is -3.91. The number of carbonyl (C=O) groups is 1. The van der Waals surface area contributed by atoms with E-state index >= 15 is 0 Å². The zero-order valence-corrected chi connectivity index (χ0v) is 25.7. The van der Waals surface area contributed by atoms with E-state index in [-0.39, 0.29) is 24.1 Å². The predicted octanol–water partition coefficient (Wildman–Crippen LogP) is 7.64. The molecule has 2 heterocycles. The van der Waals surface area contributed by atoms with E-state index in [2.05, 4.69) is 41.1 Å². The van der Waals surface area contributed by atoms with Gasteiger partial charge in [0, 0.05) is 44.9 Å². The summed E-state index contributed by atoms with van der Waals surface area (Å²) in [5, 5.41) is 0.422. The van der Waals surface area contributed by atoms with Crippen LogP contribution in [0.5, 0.6) is 17.4 Å². The number of rotatable bonds is 9. The second-order valence-electron chi connectivity index (χ2n) is 10.4. The third-order valence-electron chi connectivity index (χ3n) is 7.12. The number of hydrogen-bond donors (Lipinski definition) is 0. The van der Waals surface area contributed by atoms with Crippen LogP contribution in [-0.4, -0.2) is 46.9 Å². The largest absolute Gasteiger partial charge is 0.487 e. The lowest BCUT2D eigenvalue weighted by atomic mass is 10.1. The number of ether oxygens (including phenoxy) is 2. The number of amides is 1. The minimum atomic E-state index is -0.285. The zero-order valence-electron chi connectivity index (χ0n) is 24.1. The van der Waals surface area contributed by atoms with E-state index in [4.69, 9.17) is 21.1 Å². The Labute approximate surface area is 263 Å². The van der Waals surface area contributed by atoms with Crippen LogP contribution < -0.4 is 9.47 Å². The van der Waals surface area contributed by atoms with Crippen LogP contribution in [0.3, 0.4) is 0 Å². The van der Waals surface area contributed by atoms with Gasteiger partial charge in [0.1, 0.15) is 18.2 Å². The Bertz CT molecular complexity index is 1510. The van der Waals surface area contributed by atoms with Crippen molar-refractivity contribution in [2.75, 3.05) is 26.2 Å². The number of halogens is 3. The van der Waals surface area contributed by atoms with E-state index in [0.717, 1.165) is 36.3 Å². The smallest absolute Gasteiger partial charge is 0.246 e. The molecule has 1 aliphatic rings. The molecule has 0 N–H and O–H groups in total. The van der Waals surface area contributed by atoms with Crippen molar-refractivity contribution in [3.05, 3.63) is 124 Å². The van der Waals surface area contributed by atoms with Crippen LogP contribution in [0.1, 0.15) is 27.8 Å². The summed E-state index contributed by atoms with van der Waals surface area (Å²) in [7, 11) is 0. The molecule has 5 rings (SSSR count). The van der Waals surface area contributed by atoms with Crippen molar-refractivity contribution in [3.63, 3.8) is 0 Å². The predicted molar refractivity (Wildman–Crippen MR) is 171 cm³/mol. The second-order valence-corrected chi connectivity index (χ2v) is 10.8. The number of hydrogen-bond acceptors (Lipinski definition) is 5. The van der Waals surface area contributed by atoms with Crippen molar-refractivity contribution >= 4 is 36.0 Å². The van der Waals surface area contributed by atoms with Gasteiger partial charge in [-0.2, -0.15) is 0 Å². The van der Waals surface area contributed by atoms with Crippen LogP contribution in [0.4, 0.5) is 4.39 Å². The molecule has 43 heavy (non-hydrogen) atoms. The number of aromatic nitrogens is 1. The third-order valence-corrected chi connectivity index (χ3v) is 7.40. The standard InChI is InChI=1S/C34H33ClFN3O3.ClH/c1-24-3-5-26(6-4-24)22-38-15-17-39(18-16-38)33(40)14-9-28-19-25(2)34(31(35)20-28)42-32-13-12-30(21-37-32)41-23-27-7-10-29(36)11-8-27;/h3-14,19-21H,15-18,22-23H2,1-2H3;1H/b14-9+;. The SMILES string of the molecule is Cc1ccc(CN2CCN(C(=O)/C=C/c3cc(C)c(Oc4ccc(OCc5ccc(F)cc5)cn4)c(Cl)c3)CC2)cc1.Cl. The fourth-order valence-corrected chi connectivity index (χ4v) is 5.01. The molecule has 0 bridgehead atoms. The van der Waals surface area contributed by atoms with E-state index in [0.29, 0.717) is 42.1 Å². The van der Waals surface area contributed by atoms with E-state index in [9.17, 15) is 9.18 Å². The van der Waals surface area contributed by atoms with Gasteiger partial charge < -0.3 is 14.4 Å². The number of benzene rings is 3. The molecule has 1 fully saturated rings. The third kappa shape index (κ3) is 9.04. The van der Waals surface area contributed by atoms with E-state index in [1.165, 1.54) is 23.3 Å². The van der Waals surface area contributed by atoms with Gasteiger partial charge in [-0.15, -0.1) is 12.4 Å². The maximum atomic E-state index is 13.1. The molecule has 1 amide bonds. The first kappa shape index (κ1) is 32.0.